The van der Waals surface area contributed by atoms with Crippen LogP contribution in [-0.4, -0.2) is 31.7 Å². The number of amides is 2. The van der Waals surface area contributed by atoms with Crippen LogP contribution in [0.5, 0.6) is 11.5 Å². The van der Waals surface area contributed by atoms with E-state index in [1.165, 1.54) is 6.21 Å². The third kappa shape index (κ3) is 6.71. The molecule has 0 aliphatic rings. The Labute approximate surface area is 180 Å². The van der Waals surface area contributed by atoms with Gasteiger partial charge in [-0.1, -0.05) is 29.8 Å². The molecule has 0 aliphatic carbocycles. The fourth-order valence-electron chi connectivity index (χ4n) is 2.64. The van der Waals surface area contributed by atoms with Crippen molar-refractivity contribution < 1.29 is 19.1 Å². The van der Waals surface area contributed by atoms with Crippen molar-refractivity contribution >= 4 is 23.7 Å². The Balaban J connectivity index is 1.49. The van der Waals surface area contributed by atoms with Crippen molar-refractivity contribution in [3.8, 4) is 11.5 Å². The number of rotatable bonds is 8. The summed E-state index contributed by atoms with van der Waals surface area (Å²) >= 11 is 0. The van der Waals surface area contributed by atoms with Crippen molar-refractivity contribution in [2.75, 3.05) is 19.0 Å². The number of ether oxygens (including phenoxy) is 2. The number of nitrogens with one attached hydrogen (secondary N) is 2. The average Bonchev–Trinajstić information content (AvgIpc) is 2.79. The Morgan fingerprint density at radius 2 is 1.68 bits per heavy atom. The van der Waals surface area contributed by atoms with E-state index < -0.39 is 5.91 Å². The number of hydrogen-bond acceptors (Lipinski definition) is 5. The van der Waals surface area contributed by atoms with Crippen molar-refractivity contribution in [1.82, 2.24) is 5.43 Å². The van der Waals surface area contributed by atoms with Crippen LogP contribution in [-0.2, 0) is 4.79 Å². The molecule has 3 aromatic rings. The van der Waals surface area contributed by atoms with Gasteiger partial charge in [-0.2, -0.15) is 5.10 Å². The van der Waals surface area contributed by atoms with Gasteiger partial charge in [-0.25, -0.2) is 5.43 Å². The molecule has 7 heteroatoms. The molecular formula is C24H23N3O4. The fourth-order valence-corrected chi connectivity index (χ4v) is 2.64. The Kier molecular flexibility index (Phi) is 7.37. The summed E-state index contributed by atoms with van der Waals surface area (Å²) in [5.41, 5.74) is 5.42. The van der Waals surface area contributed by atoms with Gasteiger partial charge in [-0.15, -0.1) is 0 Å². The van der Waals surface area contributed by atoms with Gasteiger partial charge in [0, 0.05) is 11.3 Å². The van der Waals surface area contributed by atoms with Crippen LogP contribution >= 0.6 is 0 Å². The summed E-state index contributed by atoms with van der Waals surface area (Å²) in [4.78, 5) is 24.2. The zero-order chi connectivity index (χ0) is 22.1. The second kappa shape index (κ2) is 10.6. The van der Waals surface area contributed by atoms with Crippen LogP contribution in [0.3, 0.4) is 0 Å². The van der Waals surface area contributed by atoms with E-state index >= 15 is 0 Å². The summed E-state index contributed by atoms with van der Waals surface area (Å²) in [6.45, 7) is 1.80. The lowest BCUT2D eigenvalue weighted by molar-refractivity contribution is -0.123. The number of carbonyl (C=O) groups is 2. The lowest BCUT2D eigenvalue weighted by Gasteiger charge is -2.07. The topological polar surface area (TPSA) is 89.0 Å². The number of carbonyl (C=O) groups excluding carboxylic acids is 2. The van der Waals surface area contributed by atoms with Gasteiger partial charge in [-0.05, 0) is 61.0 Å². The van der Waals surface area contributed by atoms with Gasteiger partial charge in [0.15, 0.2) is 6.61 Å². The van der Waals surface area contributed by atoms with Gasteiger partial charge in [0.25, 0.3) is 11.8 Å². The van der Waals surface area contributed by atoms with Gasteiger partial charge >= 0.3 is 0 Å². The summed E-state index contributed by atoms with van der Waals surface area (Å²) in [6.07, 6.45) is 1.49. The van der Waals surface area contributed by atoms with E-state index in [1.54, 1.807) is 61.7 Å². The van der Waals surface area contributed by atoms with Crippen molar-refractivity contribution in [3.05, 3.63) is 89.5 Å². The van der Waals surface area contributed by atoms with Crippen molar-refractivity contribution in [2.45, 2.75) is 6.92 Å². The van der Waals surface area contributed by atoms with E-state index in [9.17, 15) is 9.59 Å². The molecule has 2 N–H and O–H groups in total. The van der Waals surface area contributed by atoms with Crippen LogP contribution in [0.2, 0.25) is 0 Å². The van der Waals surface area contributed by atoms with E-state index in [2.05, 4.69) is 15.8 Å². The first-order valence-electron chi connectivity index (χ1n) is 9.60. The van der Waals surface area contributed by atoms with E-state index in [-0.39, 0.29) is 12.5 Å². The maximum Gasteiger partial charge on any atom is 0.277 e. The highest BCUT2D eigenvalue weighted by Crippen LogP contribution is 2.16. The van der Waals surface area contributed by atoms with Gasteiger partial charge in [0.1, 0.15) is 11.5 Å². The molecule has 2 amide bonds. The van der Waals surface area contributed by atoms with Gasteiger partial charge in [-0.3, -0.25) is 9.59 Å². The highest BCUT2D eigenvalue weighted by Gasteiger charge is 2.06. The quantitative estimate of drug-likeness (QED) is 0.431. The molecule has 0 bridgehead atoms. The normalized spacial score (nSPS) is 10.5. The number of aryl methyl sites for hydroxylation is 1. The van der Waals surface area contributed by atoms with Gasteiger partial charge in [0.05, 0.1) is 13.3 Å². The molecule has 31 heavy (non-hydrogen) atoms. The number of nitrogens with zero attached hydrogens (tertiary/aromatic N) is 1. The highest BCUT2D eigenvalue weighted by atomic mass is 16.5. The van der Waals surface area contributed by atoms with Gasteiger partial charge < -0.3 is 14.8 Å². The number of methoxy groups -OCH3 is 1. The Bertz CT molecular complexity index is 1060. The van der Waals surface area contributed by atoms with Gasteiger partial charge in [0.2, 0.25) is 0 Å². The molecule has 158 valence electrons. The number of benzene rings is 3. The lowest BCUT2D eigenvalue weighted by atomic mass is 10.1. The van der Waals surface area contributed by atoms with E-state index in [1.807, 2.05) is 25.1 Å². The molecule has 0 atom stereocenters. The maximum absolute atomic E-state index is 12.3. The monoisotopic (exact) mass is 417 g/mol. The third-order valence-electron chi connectivity index (χ3n) is 4.29. The lowest BCUT2D eigenvalue weighted by Crippen LogP contribution is -2.24. The molecule has 7 nitrogen and oxygen atoms in total. The van der Waals surface area contributed by atoms with Crippen LogP contribution in [0.4, 0.5) is 5.69 Å². The second-order valence-electron chi connectivity index (χ2n) is 6.70. The van der Waals surface area contributed by atoms with Crippen LogP contribution in [0.25, 0.3) is 0 Å². The van der Waals surface area contributed by atoms with Crippen molar-refractivity contribution in [1.29, 1.82) is 0 Å². The number of hydrazone groups is 1. The van der Waals surface area contributed by atoms with E-state index in [0.29, 0.717) is 22.7 Å². The van der Waals surface area contributed by atoms with Crippen LogP contribution in [0.1, 0.15) is 21.5 Å². The predicted molar refractivity (Wildman–Crippen MR) is 120 cm³/mol. The molecule has 0 unspecified atom stereocenters. The zero-order valence-electron chi connectivity index (χ0n) is 17.3. The fraction of sp³-hybridized carbons (Fsp3) is 0.125. The number of anilines is 1. The smallest absolute Gasteiger partial charge is 0.277 e. The third-order valence-corrected chi connectivity index (χ3v) is 4.29. The van der Waals surface area contributed by atoms with Crippen LogP contribution < -0.4 is 20.2 Å². The van der Waals surface area contributed by atoms with Crippen LogP contribution in [0, 0.1) is 6.92 Å². The highest BCUT2D eigenvalue weighted by molar-refractivity contribution is 6.04. The summed E-state index contributed by atoms with van der Waals surface area (Å²) in [5.74, 6) is 0.671. The maximum atomic E-state index is 12.3. The molecule has 0 fully saturated rings. The standard InChI is InChI=1S/C24H23N3O4/c1-17-6-8-19(9-7-17)24(29)26-20-5-3-4-18(14-20)15-25-27-23(28)16-31-22-12-10-21(30-2)11-13-22/h3-15H,16H2,1-2H3,(H,26,29)(H,27,28)/b25-15+. The molecule has 0 saturated heterocycles. The Morgan fingerprint density at radius 3 is 2.39 bits per heavy atom. The first-order chi connectivity index (χ1) is 15.0. The van der Waals surface area contributed by atoms with Crippen LogP contribution in [0.15, 0.2) is 77.9 Å². The van der Waals surface area contributed by atoms with Crippen molar-refractivity contribution in [2.24, 2.45) is 5.10 Å². The minimum atomic E-state index is -0.393. The molecule has 0 radical (unpaired) electrons. The molecule has 0 saturated carbocycles. The largest absolute Gasteiger partial charge is 0.497 e. The first-order valence-corrected chi connectivity index (χ1v) is 9.60. The summed E-state index contributed by atoms with van der Waals surface area (Å²) in [5, 5.41) is 6.78. The molecular weight excluding hydrogens is 394 g/mol. The van der Waals surface area contributed by atoms with E-state index in [4.69, 9.17) is 9.47 Å². The second-order valence-corrected chi connectivity index (χ2v) is 6.70. The molecule has 0 spiro atoms. The SMILES string of the molecule is COc1ccc(OCC(=O)N/N=C/c2cccc(NC(=O)c3ccc(C)cc3)c2)cc1. The average molecular weight is 417 g/mol. The minimum absolute atomic E-state index is 0.170. The predicted octanol–water partition coefficient (Wildman–Crippen LogP) is 3.79. The summed E-state index contributed by atoms with van der Waals surface area (Å²) in [7, 11) is 1.58. The molecule has 0 aromatic heterocycles. The Morgan fingerprint density at radius 1 is 0.968 bits per heavy atom. The van der Waals surface area contributed by atoms with Crippen molar-refractivity contribution in [3.63, 3.8) is 0 Å². The number of hydrogen-bond donors (Lipinski definition) is 2. The molecule has 0 aliphatic heterocycles. The molecule has 0 heterocycles. The first kappa shape index (κ1) is 21.6. The summed E-state index contributed by atoms with van der Waals surface area (Å²) < 4.78 is 10.5. The zero-order valence-corrected chi connectivity index (χ0v) is 17.3. The minimum Gasteiger partial charge on any atom is -0.497 e. The van der Waals surface area contributed by atoms with E-state index in [0.717, 1.165) is 11.1 Å². The summed E-state index contributed by atoms with van der Waals surface area (Å²) in [6, 6.07) is 21.4. The molecule has 3 aromatic carbocycles. The Hall–Kier alpha value is -4.13. The molecule has 3 rings (SSSR count).